The number of aliphatic hydroxyl groups is 1. The van der Waals surface area contributed by atoms with Crippen LogP contribution in [0.5, 0.6) is 0 Å². The zero-order valence-electron chi connectivity index (χ0n) is 32.2. The van der Waals surface area contributed by atoms with E-state index in [1.54, 1.807) is 13.8 Å². The molecule has 11 N–H and O–H groups in total. The summed E-state index contributed by atoms with van der Waals surface area (Å²) in [5, 5.41) is 37.9. The van der Waals surface area contributed by atoms with E-state index in [1.807, 2.05) is 27.7 Å². The minimum absolute atomic E-state index is 0.0258. The maximum absolute atomic E-state index is 13.7. The van der Waals surface area contributed by atoms with Crippen molar-refractivity contribution in [2.75, 3.05) is 6.54 Å². The second-order valence-electron chi connectivity index (χ2n) is 15.1. The highest BCUT2D eigenvalue weighted by atomic mass is 16.4. The maximum Gasteiger partial charge on any atom is 0.326 e. The molecular weight excluding hydrogens is 692 g/mol. The molecule has 1 saturated heterocycles. The van der Waals surface area contributed by atoms with Crippen LogP contribution in [-0.2, 0) is 38.4 Å². The maximum atomic E-state index is 13.7. The van der Waals surface area contributed by atoms with Crippen molar-refractivity contribution in [3.63, 3.8) is 0 Å². The molecule has 0 aromatic carbocycles. The number of aliphatic hydroxyl groups excluding tert-OH is 1. The average Bonchev–Trinajstić information content (AvgIpc) is 3.58. The fraction of sp³-hybridized carbons (Fsp3) is 0.771. The highest BCUT2D eigenvalue weighted by Crippen LogP contribution is 2.12. The lowest BCUT2D eigenvalue weighted by molar-refractivity contribution is -0.143. The van der Waals surface area contributed by atoms with Gasteiger partial charge in [-0.1, -0.05) is 41.5 Å². The van der Waals surface area contributed by atoms with Crippen LogP contribution in [0.15, 0.2) is 0 Å². The van der Waals surface area contributed by atoms with Crippen molar-refractivity contribution >= 4 is 47.3 Å². The van der Waals surface area contributed by atoms with Gasteiger partial charge in [-0.05, 0) is 76.7 Å². The molecule has 0 aliphatic carbocycles. The van der Waals surface area contributed by atoms with Crippen LogP contribution < -0.4 is 43.0 Å². The van der Waals surface area contributed by atoms with Gasteiger partial charge in [0.15, 0.2) is 0 Å². The number of primary amides is 1. The van der Waals surface area contributed by atoms with Crippen LogP contribution in [0.25, 0.3) is 0 Å². The first-order chi connectivity index (χ1) is 24.6. The van der Waals surface area contributed by atoms with Crippen LogP contribution in [0.4, 0.5) is 0 Å². The van der Waals surface area contributed by atoms with Crippen molar-refractivity contribution in [3.05, 3.63) is 0 Å². The number of rotatable bonds is 23. The molecule has 53 heavy (non-hydrogen) atoms. The quantitative estimate of drug-likeness (QED) is 0.0575. The Hall–Kier alpha value is -4.32. The minimum Gasteiger partial charge on any atom is -0.480 e. The summed E-state index contributed by atoms with van der Waals surface area (Å²) < 4.78 is 0. The van der Waals surface area contributed by atoms with Crippen LogP contribution in [0.1, 0.15) is 100 Å². The molecule has 0 bridgehead atoms. The van der Waals surface area contributed by atoms with Gasteiger partial charge < -0.3 is 53.2 Å². The zero-order chi connectivity index (χ0) is 40.6. The van der Waals surface area contributed by atoms with Crippen molar-refractivity contribution in [3.8, 4) is 0 Å². The summed E-state index contributed by atoms with van der Waals surface area (Å²) in [6.45, 7) is 14.2. The lowest BCUT2D eigenvalue weighted by atomic mass is 9.99. The monoisotopic (exact) mass is 754 g/mol. The first kappa shape index (κ1) is 46.7. The van der Waals surface area contributed by atoms with Crippen molar-refractivity contribution in [2.45, 2.75) is 149 Å². The molecule has 18 heteroatoms. The first-order valence-electron chi connectivity index (χ1n) is 18.4. The van der Waals surface area contributed by atoms with E-state index in [0.29, 0.717) is 19.4 Å². The summed E-state index contributed by atoms with van der Waals surface area (Å²) in [6.07, 6.45) is 0.0161. The molecule has 7 amide bonds. The molecule has 0 aromatic heterocycles. The predicted octanol–water partition coefficient (Wildman–Crippen LogP) is -1.46. The van der Waals surface area contributed by atoms with E-state index < -0.39 is 89.8 Å². The summed E-state index contributed by atoms with van der Waals surface area (Å²) >= 11 is 0. The highest BCUT2D eigenvalue weighted by Gasteiger charge is 2.35. The van der Waals surface area contributed by atoms with Crippen molar-refractivity contribution in [1.82, 2.24) is 37.2 Å². The van der Waals surface area contributed by atoms with Gasteiger partial charge in [-0.2, -0.15) is 0 Å². The van der Waals surface area contributed by atoms with Crippen LogP contribution in [0.3, 0.4) is 0 Å². The van der Waals surface area contributed by atoms with Gasteiger partial charge in [0.2, 0.25) is 41.4 Å². The Morgan fingerprint density at radius 1 is 0.642 bits per heavy atom. The number of carbonyl (C=O) groups excluding carboxylic acids is 7. The average molecular weight is 755 g/mol. The number of hydrogen-bond acceptors (Lipinski definition) is 10. The number of hydrogen-bond donors (Lipinski definition) is 10. The second-order valence-corrected chi connectivity index (χ2v) is 15.1. The Morgan fingerprint density at radius 3 is 1.57 bits per heavy atom. The Morgan fingerprint density at radius 2 is 1.11 bits per heavy atom. The van der Waals surface area contributed by atoms with Gasteiger partial charge in [-0.3, -0.25) is 33.6 Å². The van der Waals surface area contributed by atoms with Gasteiger partial charge in [0.1, 0.15) is 36.3 Å². The molecule has 1 aliphatic heterocycles. The van der Waals surface area contributed by atoms with Crippen molar-refractivity contribution < 1.29 is 48.6 Å². The molecule has 1 fully saturated rings. The molecule has 0 spiro atoms. The molecule has 0 radical (unpaired) electrons. The van der Waals surface area contributed by atoms with E-state index in [9.17, 15) is 48.6 Å². The summed E-state index contributed by atoms with van der Waals surface area (Å²) in [5.74, 6) is -6.59. The normalized spacial score (nSPS) is 18.2. The van der Waals surface area contributed by atoms with Gasteiger partial charge in [0.05, 0.1) is 12.1 Å². The van der Waals surface area contributed by atoms with Crippen LogP contribution in [-0.4, -0.2) is 112 Å². The third-order valence-electron chi connectivity index (χ3n) is 8.51. The molecule has 0 unspecified atom stereocenters. The molecule has 0 saturated carbocycles. The molecule has 302 valence electrons. The smallest absolute Gasteiger partial charge is 0.326 e. The number of carboxylic acids is 1. The van der Waals surface area contributed by atoms with E-state index >= 15 is 0 Å². The Labute approximate surface area is 311 Å². The summed E-state index contributed by atoms with van der Waals surface area (Å²) in [4.78, 5) is 103. The molecule has 8 atom stereocenters. The van der Waals surface area contributed by atoms with Crippen molar-refractivity contribution in [1.29, 1.82) is 0 Å². The number of amides is 7. The number of nitrogens with two attached hydrogens (primary N) is 1. The number of aliphatic carboxylic acids is 1. The van der Waals surface area contributed by atoms with E-state index in [4.69, 9.17) is 5.73 Å². The molecule has 1 heterocycles. The zero-order valence-corrected chi connectivity index (χ0v) is 32.2. The molecule has 18 nitrogen and oxygen atoms in total. The van der Waals surface area contributed by atoms with Gasteiger partial charge in [0.25, 0.3) is 0 Å². The lowest BCUT2D eigenvalue weighted by Gasteiger charge is -2.28. The number of nitrogens with one attached hydrogen (secondary N) is 7. The van der Waals surface area contributed by atoms with Crippen LogP contribution >= 0.6 is 0 Å². The Balaban J connectivity index is 3.12. The fourth-order valence-corrected chi connectivity index (χ4v) is 5.70. The number of carboxylic acid groups (broad SMARTS) is 1. The number of carbonyl (C=O) groups is 8. The second kappa shape index (κ2) is 22.7. The first-order valence-corrected chi connectivity index (χ1v) is 18.4. The summed E-state index contributed by atoms with van der Waals surface area (Å²) in [5.41, 5.74) is 5.32. The third-order valence-corrected chi connectivity index (χ3v) is 8.51. The van der Waals surface area contributed by atoms with Gasteiger partial charge in [0, 0.05) is 6.42 Å². The molecule has 1 aliphatic rings. The summed E-state index contributed by atoms with van der Waals surface area (Å²) in [7, 11) is 0. The topological polar surface area (TPSA) is 287 Å². The van der Waals surface area contributed by atoms with Gasteiger partial charge in [-0.15, -0.1) is 0 Å². The van der Waals surface area contributed by atoms with E-state index in [-0.39, 0.29) is 49.3 Å². The van der Waals surface area contributed by atoms with E-state index in [1.165, 1.54) is 13.8 Å². The molecule has 0 aromatic rings. The van der Waals surface area contributed by atoms with Crippen LogP contribution in [0.2, 0.25) is 0 Å². The molecular formula is C35H62N8O10. The standard InChI is InChI=1S/C35H62N8O10/c1-17(2)14-24(41-33(50)25(15-18(3)4)40-30(47)22-10-9-13-37-22)32(49)39-23(11-12-27(36)45)31(48)38-20(7)29(46)43-28(21(8)44)34(51)42-26(35(52)53)16-19(5)6/h17-26,28,37,44H,9-16H2,1-8H3,(H2,36,45)(H,38,48)(H,39,49)(H,40,47)(H,41,50)(H,42,51)(H,43,46)(H,52,53)/t20-,21+,22+,23-,24-,25-,26-,28-/m0/s1. The SMILES string of the molecule is CC(C)C[C@H](NC(=O)[C@@H](NC(=O)[C@H](C)NC(=O)[C@H](CCC(N)=O)NC(=O)[C@H](CC(C)C)NC(=O)[C@H](CC(C)C)NC(=O)[C@H]1CCCN1)[C@@H](C)O)C(=O)O. The highest BCUT2D eigenvalue weighted by molar-refractivity contribution is 5.97. The van der Waals surface area contributed by atoms with E-state index in [2.05, 4.69) is 37.2 Å². The van der Waals surface area contributed by atoms with Crippen LogP contribution in [0, 0.1) is 17.8 Å². The molecule has 1 rings (SSSR count). The van der Waals surface area contributed by atoms with E-state index in [0.717, 1.165) is 6.42 Å². The fourth-order valence-electron chi connectivity index (χ4n) is 5.70. The summed E-state index contributed by atoms with van der Waals surface area (Å²) in [6, 6.07) is -8.06. The lowest BCUT2D eigenvalue weighted by Crippen LogP contribution is -2.60. The van der Waals surface area contributed by atoms with Crippen molar-refractivity contribution in [2.24, 2.45) is 23.5 Å². The third kappa shape index (κ3) is 17.4. The Bertz CT molecular complexity index is 1290. The van der Waals surface area contributed by atoms with Gasteiger partial charge in [-0.25, -0.2) is 4.79 Å². The predicted molar refractivity (Wildman–Crippen MR) is 194 cm³/mol. The minimum atomic E-state index is -1.57. The Kier molecular flexibility index (Phi) is 20.0. The van der Waals surface area contributed by atoms with Gasteiger partial charge >= 0.3 is 5.97 Å². The largest absolute Gasteiger partial charge is 0.480 e.